The Morgan fingerprint density at radius 3 is 2.53 bits per heavy atom. The molecule has 0 saturated carbocycles. The van der Waals surface area contributed by atoms with E-state index in [-0.39, 0.29) is 0 Å². The minimum Gasteiger partial charge on any atom is -0.0823 e. The van der Waals surface area contributed by atoms with Gasteiger partial charge in [-0.25, -0.2) is 0 Å². The van der Waals surface area contributed by atoms with Crippen molar-refractivity contribution in [2.45, 2.75) is 9.65 Å². The lowest BCUT2D eigenvalue weighted by Crippen LogP contribution is -1.89. The Hall–Kier alpha value is 0.140. The monoisotopic (exact) mass is 388 g/mol. The summed E-state index contributed by atoms with van der Waals surface area (Å²) < 4.78 is 1.19. The van der Waals surface area contributed by atoms with E-state index >= 15 is 0 Å². The van der Waals surface area contributed by atoms with Gasteiger partial charge in [0.1, 0.15) is 0 Å². The predicted molar refractivity (Wildman–Crippen MR) is 75.0 cm³/mol. The first kappa shape index (κ1) is 10.3. The van der Waals surface area contributed by atoms with Crippen LogP contribution in [0, 0.1) is 0 Å². The summed E-state index contributed by atoms with van der Waals surface area (Å²) in [6.07, 6.45) is 0. The summed E-state index contributed by atoms with van der Waals surface area (Å²) in [5, 5.41) is 2.70. The van der Waals surface area contributed by atoms with Crippen LogP contribution in [-0.4, -0.2) is 0 Å². The maximum atomic E-state index is 3.75. The van der Waals surface area contributed by atoms with Gasteiger partial charge in [0.25, 0.3) is 0 Å². The Bertz CT molecular complexity index is 548. The van der Waals surface area contributed by atoms with E-state index in [0.717, 1.165) is 0 Å². The average Bonchev–Trinajstić information content (AvgIpc) is 2.50. The lowest BCUT2D eigenvalue weighted by Gasteiger charge is -2.08. The zero-order valence-electron chi connectivity index (χ0n) is 7.68. The molecule has 3 rings (SSSR count). The number of benzene rings is 2. The van der Waals surface area contributed by atoms with Crippen molar-refractivity contribution in [2.24, 2.45) is 0 Å². The van der Waals surface area contributed by atoms with Gasteiger partial charge in [0.05, 0.1) is 9.65 Å². The molecule has 0 nitrogen and oxygen atoms in total. The van der Waals surface area contributed by atoms with Crippen molar-refractivity contribution in [3.63, 3.8) is 0 Å². The molecule has 0 heterocycles. The van der Waals surface area contributed by atoms with E-state index in [1.54, 1.807) is 0 Å². The van der Waals surface area contributed by atoms with Crippen LogP contribution >= 0.6 is 47.8 Å². The van der Waals surface area contributed by atoms with Crippen molar-refractivity contribution < 1.29 is 0 Å². The van der Waals surface area contributed by atoms with Crippen molar-refractivity contribution in [2.75, 3.05) is 0 Å². The van der Waals surface area contributed by atoms with Crippen molar-refractivity contribution in [3.05, 3.63) is 45.9 Å². The summed E-state index contributed by atoms with van der Waals surface area (Å²) in [5.74, 6) is 0. The topological polar surface area (TPSA) is 0 Å². The third kappa shape index (κ3) is 1.36. The number of rotatable bonds is 0. The number of alkyl halides is 2. The Kier molecular flexibility index (Phi) is 2.45. The normalized spacial score (nSPS) is 23.7. The SMILES string of the molecule is Brc1ccc2cccc3c2c1[C@@H](Br)[C@@H]3Br. The second-order valence-electron chi connectivity index (χ2n) is 3.71. The number of hydrogen-bond acceptors (Lipinski definition) is 0. The largest absolute Gasteiger partial charge is 0.0823 e. The van der Waals surface area contributed by atoms with Crippen LogP contribution in [0.25, 0.3) is 10.8 Å². The number of halogens is 3. The quantitative estimate of drug-likeness (QED) is 0.522. The van der Waals surface area contributed by atoms with Gasteiger partial charge in [-0.3, -0.25) is 0 Å². The summed E-state index contributed by atoms with van der Waals surface area (Å²) >= 11 is 11.1. The fourth-order valence-corrected chi connectivity index (χ4v) is 4.50. The standard InChI is InChI=1S/C12H7Br3/c13-8-5-4-6-2-1-3-7-9(6)10(8)12(15)11(7)14/h1-5,11-12H/t11-,12-/m1/s1. The molecule has 0 fully saturated rings. The van der Waals surface area contributed by atoms with Gasteiger partial charge in [0.2, 0.25) is 0 Å². The second-order valence-corrected chi connectivity index (χ2v) is 6.54. The molecular formula is C12H7Br3. The summed E-state index contributed by atoms with van der Waals surface area (Å²) in [5.41, 5.74) is 2.75. The molecule has 3 heteroatoms. The van der Waals surface area contributed by atoms with E-state index in [2.05, 4.69) is 78.1 Å². The average molecular weight is 391 g/mol. The summed E-state index contributed by atoms with van der Waals surface area (Å²) in [6.45, 7) is 0. The maximum absolute atomic E-state index is 3.75. The van der Waals surface area contributed by atoms with E-state index < -0.39 is 0 Å². The minimum atomic E-state index is 0.355. The van der Waals surface area contributed by atoms with Crippen LogP contribution < -0.4 is 0 Å². The van der Waals surface area contributed by atoms with Crippen LogP contribution in [0.15, 0.2) is 34.8 Å². The van der Waals surface area contributed by atoms with Crippen LogP contribution in [0.1, 0.15) is 20.8 Å². The molecule has 0 N–H and O–H groups in total. The second kappa shape index (κ2) is 3.57. The molecule has 0 bridgehead atoms. The van der Waals surface area contributed by atoms with Gasteiger partial charge >= 0.3 is 0 Å². The third-order valence-corrected chi connectivity index (χ3v) is 6.30. The molecule has 0 aliphatic heterocycles. The molecule has 2 atom stereocenters. The molecule has 0 amide bonds. The third-order valence-electron chi connectivity index (χ3n) is 2.89. The van der Waals surface area contributed by atoms with Gasteiger partial charge in [-0.2, -0.15) is 0 Å². The van der Waals surface area contributed by atoms with Crippen LogP contribution in [-0.2, 0) is 0 Å². The van der Waals surface area contributed by atoms with Crippen LogP contribution in [0.4, 0.5) is 0 Å². The van der Waals surface area contributed by atoms with Gasteiger partial charge in [0, 0.05) is 4.47 Å². The maximum Gasteiger partial charge on any atom is 0.0578 e. The van der Waals surface area contributed by atoms with Crippen LogP contribution in [0.3, 0.4) is 0 Å². The molecule has 2 aromatic rings. The van der Waals surface area contributed by atoms with E-state index in [1.807, 2.05) is 0 Å². The van der Waals surface area contributed by atoms with Gasteiger partial charge in [-0.15, -0.1) is 0 Å². The van der Waals surface area contributed by atoms with Crippen molar-refractivity contribution in [3.8, 4) is 0 Å². The molecule has 0 spiro atoms. The molecule has 0 aromatic heterocycles. The molecule has 15 heavy (non-hydrogen) atoms. The molecule has 76 valence electrons. The zero-order valence-corrected chi connectivity index (χ0v) is 12.4. The van der Waals surface area contributed by atoms with E-state index in [4.69, 9.17) is 0 Å². The number of hydrogen-bond donors (Lipinski definition) is 0. The van der Waals surface area contributed by atoms with Crippen LogP contribution in [0.5, 0.6) is 0 Å². The molecule has 0 radical (unpaired) electrons. The Morgan fingerprint density at radius 2 is 1.73 bits per heavy atom. The highest BCUT2D eigenvalue weighted by molar-refractivity contribution is 9.12. The Morgan fingerprint density at radius 1 is 0.933 bits per heavy atom. The van der Waals surface area contributed by atoms with Gasteiger partial charge < -0.3 is 0 Å². The lowest BCUT2D eigenvalue weighted by atomic mass is 10.1. The zero-order chi connectivity index (χ0) is 10.6. The van der Waals surface area contributed by atoms with Crippen molar-refractivity contribution in [1.29, 1.82) is 0 Å². The lowest BCUT2D eigenvalue weighted by molar-refractivity contribution is 0.994. The van der Waals surface area contributed by atoms with Crippen molar-refractivity contribution in [1.82, 2.24) is 0 Å². The summed E-state index contributed by atoms with van der Waals surface area (Å²) in [6, 6.07) is 10.8. The summed E-state index contributed by atoms with van der Waals surface area (Å²) in [7, 11) is 0. The Labute approximate surface area is 113 Å². The fourth-order valence-electron chi connectivity index (χ4n) is 2.21. The molecule has 0 unspecified atom stereocenters. The predicted octanol–water partition coefficient (Wildman–Crippen LogP) is 5.49. The molecule has 2 aromatic carbocycles. The summed E-state index contributed by atoms with van der Waals surface area (Å²) in [4.78, 5) is 0.725. The first-order chi connectivity index (χ1) is 7.20. The van der Waals surface area contributed by atoms with E-state index in [0.29, 0.717) is 9.65 Å². The molecule has 1 aliphatic carbocycles. The molecular weight excluding hydrogens is 384 g/mol. The fraction of sp³-hybridized carbons (Fsp3) is 0.167. The van der Waals surface area contributed by atoms with Gasteiger partial charge in [0.15, 0.2) is 0 Å². The molecule has 0 saturated heterocycles. The van der Waals surface area contributed by atoms with E-state index in [1.165, 1.54) is 26.4 Å². The smallest absolute Gasteiger partial charge is 0.0578 e. The first-order valence-corrected chi connectivity index (χ1v) is 7.32. The first-order valence-electron chi connectivity index (χ1n) is 4.69. The van der Waals surface area contributed by atoms with Crippen molar-refractivity contribution >= 4 is 58.6 Å². The van der Waals surface area contributed by atoms with E-state index in [9.17, 15) is 0 Å². The molecule has 1 aliphatic rings. The highest BCUT2D eigenvalue weighted by Crippen LogP contribution is 2.54. The Balaban J connectivity index is 2.51. The minimum absolute atomic E-state index is 0.355. The highest BCUT2D eigenvalue weighted by atomic mass is 79.9. The van der Waals surface area contributed by atoms with Gasteiger partial charge in [-0.05, 0) is 28.0 Å². The van der Waals surface area contributed by atoms with Crippen LogP contribution in [0.2, 0.25) is 0 Å². The highest BCUT2D eigenvalue weighted by Gasteiger charge is 2.32. The van der Waals surface area contributed by atoms with Gasteiger partial charge in [-0.1, -0.05) is 72.1 Å².